The monoisotopic (exact) mass is 186 g/mol. The van der Waals surface area contributed by atoms with Crippen molar-refractivity contribution in [3.05, 3.63) is 12.2 Å². The van der Waals surface area contributed by atoms with Crippen LogP contribution < -0.4 is 0 Å². The van der Waals surface area contributed by atoms with Crippen LogP contribution in [0, 0.1) is 0 Å². The van der Waals surface area contributed by atoms with Crippen LogP contribution in [0.25, 0.3) is 0 Å². The Kier molecular flexibility index (Phi) is 6.59. The number of rotatable bonds is 5. The fourth-order valence-corrected chi connectivity index (χ4v) is 0.662. The topological polar surface area (TPSA) is 52.6 Å². The Labute approximate surface area is 77.5 Å². The standard InChI is InChI=1S/C9H14O4/c1-3-12-8(10)6-5-7-9(11)13-4-2/h5-6H,3-4,7H2,1-2H3/b6-5-. The van der Waals surface area contributed by atoms with Crippen molar-refractivity contribution >= 4 is 11.9 Å². The van der Waals surface area contributed by atoms with Crippen LogP contribution in [-0.2, 0) is 19.1 Å². The first-order chi connectivity index (χ1) is 6.20. The van der Waals surface area contributed by atoms with Crippen LogP contribution in [0.4, 0.5) is 0 Å². The minimum Gasteiger partial charge on any atom is -0.466 e. The smallest absolute Gasteiger partial charge is 0.330 e. The highest BCUT2D eigenvalue weighted by Gasteiger charge is 1.98. The van der Waals surface area contributed by atoms with Gasteiger partial charge in [0.2, 0.25) is 0 Å². The number of carbonyl (C=O) groups excluding carboxylic acids is 2. The molecule has 0 N–H and O–H groups in total. The molecule has 0 bridgehead atoms. The molecule has 0 atom stereocenters. The van der Waals surface area contributed by atoms with Gasteiger partial charge in [-0.3, -0.25) is 4.79 Å². The maximum absolute atomic E-state index is 10.8. The van der Waals surface area contributed by atoms with Crippen LogP contribution in [-0.4, -0.2) is 25.2 Å². The SMILES string of the molecule is CCOC(=O)/C=C\CC(=O)OCC. The summed E-state index contributed by atoms with van der Waals surface area (Å²) in [5.74, 6) is -0.783. The van der Waals surface area contributed by atoms with Gasteiger partial charge in [-0.25, -0.2) is 4.79 Å². The predicted octanol–water partition coefficient (Wildman–Crippen LogP) is 1.06. The van der Waals surface area contributed by atoms with Gasteiger partial charge < -0.3 is 9.47 Å². The van der Waals surface area contributed by atoms with Gasteiger partial charge in [0, 0.05) is 6.08 Å². The fraction of sp³-hybridized carbons (Fsp3) is 0.556. The third-order valence-corrected chi connectivity index (χ3v) is 1.13. The quantitative estimate of drug-likeness (QED) is 0.476. The minimum atomic E-state index is -0.438. The van der Waals surface area contributed by atoms with Crippen molar-refractivity contribution in [2.24, 2.45) is 0 Å². The van der Waals surface area contributed by atoms with Crippen LogP contribution >= 0.6 is 0 Å². The minimum absolute atomic E-state index is 0.104. The lowest BCUT2D eigenvalue weighted by molar-refractivity contribution is -0.142. The average molecular weight is 186 g/mol. The summed E-state index contributed by atoms with van der Waals surface area (Å²) in [4.78, 5) is 21.5. The van der Waals surface area contributed by atoms with Crippen molar-refractivity contribution in [3.63, 3.8) is 0 Å². The Balaban J connectivity index is 3.61. The summed E-state index contributed by atoms with van der Waals surface area (Å²) >= 11 is 0. The zero-order valence-corrected chi connectivity index (χ0v) is 7.91. The highest BCUT2D eigenvalue weighted by atomic mass is 16.5. The molecule has 0 aliphatic carbocycles. The number of ether oxygens (including phenoxy) is 2. The molecule has 4 heteroatoms. The second-order valence-electron chi connectivity index (χ2n) is 2.16. The lowest BCUT2D eigenvalue weighted by atomic mass is 10.4. The summed E-state index contributed by atoms with van der Waals surface area (Å²) in [7, 11) is 0. The molecule has 0 amide bonds. The van der Waals surface area contributed by atoms with E-state index >= 15 is 0 Å². The van der Waals surface area contributed by atoms with Gasteiger partial charge in [0.25, 0.3) is 0 Å². The molecule has 0 aliphatic rings. The van der Waals surface area contributed by atoms with Crippen molar-refractivity contribution in [3.8, 4) is 0 Å². The van der Waals surface area contributed by atoms with E-state index in [0.29, 0.717) is 13.2 Å². The van der Waals surface area contributed by atoms with E-state index in [-0.39, 0.29) is 12.4 Å². The van der Waals surface area contributed by atoms with Gasteiger partial charge in [0.15, 0.2) is 0 Å². The second-order valence-corrected chi connectivity index (χ2v) is 2.16. The molecule has 13 heavy (non-hydrogen) atoms. The third kappa shape index (κ3) is 7.05. The van der Waals surface area contributed by atoms with Crippen molar-refractivity contribution in [2.45, 2.75) is 20.3 Å². The van der Waals surface area contributed by atoms with Gasteiger partial charge in [-0.05, 0) is 13.8 Å². The molecule has 0 aromatic heterocycles. The molecule has 0 aliphatic heterocycles. The number of esters is 2. The van der Waals surface area contributed by atoms with Gasteiger partial charge >= 0.3 is 11.9 Å². The molecule has 0 heterocycles. The molecule has 0 spiro atoms. The Morgan fingerprint density at radius 1 is 1.15 bits per heavy atom. The van der Waals surface area contributed by atoms with E-state index < -0.39 is 5.97 Å². The van der Waals surface area contributed by atoms with Crippen molar-refractivity contribution in [2.75, 3.05) is 13.2 Å². The van der Waals surface area contributed by atoms with E-state index in [1.165, 1.54) is 12.2 Å². The molecule has 0 rings (SSSR count). The van der Waals surface area contributed by atoms with Gasteiger partial charge in [-0.2, -0.15) is 0 Å². The lowest BCUT2D eigenvalue weighted by Gasteiger charge is -1.96. The summed E-state index contributed by atoms with van der Waals surface area (Å²) in [5, 5.41) is 0. The average Bonchev–Trinajstić information content (AvgIpc) is 2.05. The highest BCUT2D eigenvalue weighted by Crippen LogP contribution is 1.89. The Bertz CT molecular complexity index is 196. The molecule has 0 fully saturated rings. The maximum atomic E-state index is 10.8. The Morgan fingerprint density at radius 3 is 2.31 bits per heavy atom. The first-order valence-electron chi connectivity index (χ1n) is 4.19. The van der Waals surface area contributed by atoms with E-state index in [2.05, 4.69) is 9.47 Å². The normalized spacial score (nSPS) is 10.0. The number of carbonyl (C=O) groups is 2. The van der Waals surface area contributed by atoms with E-state index in [1.807, 2.05) is 0 Å². The molecular formula is C9H14O4. The summed E-state index contributed by atoms with van der Waals surface area (Å²) in [6.45, 7) is 4.14. The zero-order valence-electron chi connectivity index (χ0n) is 7.91. The van der Waals surface area contributed by atoms with Crippen LogP contribution in [0.1, 0.15) is 20.3 Å². The highest BCUT2D eigenvalue weighted by molar-refractivity contribution is 5.83. The maximum Gasteiger partial charge on any atom is 0.330 e. The first kappa shape index (κ1) is 11.7. The molecular weight excluding hydrogens is 172 g/mol. The number of hydrogen-bond acceptors (Lipinski definition) is 4. The third-order valence-electron chi connectivity index (χ3n) is 1.13. The van der Waals surface area contributed by atoms with E-state index in [0.717, 1.165) is 0 Å². The van der Waals surface area contributed by atoms with E-state index in [4.69, 9.17) is 0 Å². The zero-order chi connectivity index (χ0) is 10.1. The Morgan fingerprint density at radius 2 is 1.77 bits per heavy atom. The Hall–Kier alpha value is -1.32. The predicted molar refractivity (Wildman–Crippen MR) is 47.0 cm³/mol. The van der Waals surface area contributed by atoms with Crippen molar-refractivity contribution in [1.29, 1.82) is 0 Å². The molecule has 0 saturated carbocycles. The van der Waals surface area contributed by atoms with Gasteiger partial charge in [0.1, 0.15) is 0 Å². The van der Waals surface area contributed by atoms with Crippen molar-refractivity contribution < 1.29 is 19.1 Å². The van der Waals surface area contributed by atoms with Gasteiger partial charge in [-0.1, -0.05) is 6.08 Å². The van der Waals surface area contributed by atoms with Crippen LogP contribution in [0.3, 0.4) is 0 Å². The summed E-state index contributed by atoms with van der Waals surface area (Å²) in [6, 6.07) is 0. The van der Waals surface area contributed by atoms with E-state index in [9.17, 15) is 9.59 Å². The second kappa shape index (κ2) is 7.34. The molecule has 0 saturated heterocycles. The van der Waals surface area contributed by atoms with Crippen molar-refractivity contribution in [1.82, 2.24) is 0 Å². The van der Waals surface area contributed by atoms with E-state index in [1.54, 1.807) is 13.8 Å². The summed E-state index contributed by atoms with van der Waals surface area (Å²) < 4.78 is 9.25. The molecule has 0 aromatic carbocycles. The number of hydrogen-bond donors (Lipinski definition) is 0. The fourth-order valence-electron chi connectivity index (χ4n) is 0.662. The summed E-state index contributed by atoms with van der Waals surface area (Å²) in [5.41, 5.74) is 0. The molecule has 0 radical (unpaired) electrons. The van der Waals surface area contributed by atoms with Crippen LogP contribution in [0.5, 0.6) is 0 Å². The lowest BCUT2D eigenvalue weighted by Crippen LogP contribution is -2.03. The summed E-state index contributed by atoms with van der Waals surface area (Å²) in [6.07, 6.45) is 2.75. The first-order valence-corrected chi connectivity index (χ1v) is 4.19. The van der Waals surface area contributed by atoms with Gasteiger partial charge in [-0.15, -0.1) is 0 Å². The molecule has 74 valence electrons. The molecule has 4 nitrogen and oxygen atoms in total. The van der Waals surface area contributed by atoms with Crippen LogP contribution in [0.15, 0.2) is 12.2 Å². The molecule has 0 aromatic rings. The molecule has 0 unspecified atom stereocenters. The largest absolute Gasteiger partial charge is 0.466 e. The van der Waals surface area contributed by atoms with Gasteiger partial charge in [0.05, 0.1) is 19.6 Å². The van der Waals surface area contributed by atoms with Crippen LogP contribution in [0.2, 0.25) is 0 Å².